The Kier molecular flexibility index (Phi) is 3.84. The van der Waals surface area contributed by atoms with Gasteiger partial charge in [-0.3, -0.25) is 4.90 Å². The number of primary sulfonamides is 1. The fourth-order valence-electron chi connectivity index (χ4n) is 2.30. The van der Waals surface area contributed by atoms with Gasteiger partial charge in [-0.25, -0.2) is 13.6 Å². The van der Waals surface area contributed by atoms with Crippen molar-refractivity contribution in [1.29, 1.82) is 0 Å². The number of hydrogen-bond donors (Lipinski definition) is 2. The molecule has 1 saturated carbocycles. The zero-order valence-corrected chi connectivity index (χ0v) is 10.4. The molecule has 1 saturated heterocycles. The predicted octanol–water partition coefficient (Wildman–Crippen LogP) is -0.509. The maximum absolute atomic E-state index is 11.0. The van der Waals surface area contributed by atoms with Crippen molar-refractivity contribution in [2.75, 3.05) is 25.4 Å². The van der Waals surface area contributed by atoms with Crippen molar-refractivity contribution in [3.8, 4) is 0 Å². The summed E-state index contributed by atoms with van der Waals surface area (Å²) in [5.74, 6) is 0.0796. The molecule has 16 heavy (non-hydrogen) atoms. The van der Waals surface area contributed by atoms with Crippen LogP contribution in [0, 0.1) is 0 Å². The molecule has 0 bridgehead atoms. The van der Waals surface area contributed by atoms with Crippen LogP contribution in [0.5, 0.6) is 0 Å². The normalized spacial score (nSPS) is 26.5. The maximum atomic E-state index is 11.0. The predicted molar refractivity (Wildman–Crippen MR) is 63.6 cm³/mol. The second-order valence-electron chi connectivity index (χ2n) is 4.89. The van der Waals surface area contributed by atoms with Crippen LogP contribution in [0.3, 0.4) is 0 Å². The molecule has 0 radical (unpaired) electrons. The number of sulfonamides is 1. The monoisotopic (exact) mass is 247 g/mol. The lowest BCUT2D eigenvalue weighted by atomic mass is 10.2. The first kappa shape index (κ1) is 12.3. The quantitative estimate of drug-likeness (QED) is 0.663. The Morgan fingerprint density at radius 2 is 2.06 bits per heavy atom. The Morgan fingerprint density at radius 3 is 2.56 bits per heavy atom. The highest BCUT2D eigenvalue weighted by Crippen LogP contribution is 2.27. The second-order valence-corrected chi connectivity index (χ2v) is 6.62. The number of hydrogen-bond acceptors (Lipinski definition) is 4. The van der Waals surface area contributed by atoms with E-state index in [1.807, 2.05) is 0 Å². The van der Waals surface area contributed by atoms with Crippen molar-refractivity contribution in [3.05, 3.63) is 0 Å². The summed E-state index contributed by atoms with van der Waals surface area (Å²) in [6.45, 7) is 2.65. The van der Waals surface area contributed by atoms with Crippen molar-refractivity contribution in [3.63, 3.8) is 0 Å². The molecule has 5 nitrogen and oxygen atoms in total. The van der Waals surface area contributed by atoms with Crippen molar-refractivity contribution in [2.45, 2.75) is 37.8 Å². The standard InChI is InChI=1S/C10H21N3O2S/c11-16(14,15)7-6-13(10-3-4-10)8-9-2-1-5-12-9/h9-10,12H,1-8H2,(H2,11,14,15). The van der Waals surface area contributed by atoms with Gasteiger partial charge in [0.05, 0.1) is 5.75 Å². The summed E-state index contributed by atoms with van der Waals surface area (Å²) >= 11 is 0. The summed E-state index contributed by atoms with van der Waals surface area (Å²) in [7, 11) is -3.32. The summed E-state index contributed by atoms with van der Waals surface area (Å²) < 4.78 is 21.9. The van der Waals surface area contributed by atoms with Crippen LogP contribution in [-0.2, 0) is 10.0 Å². The van der Waals surface area contributed by atoms with Crippen LogP contribution >= 0.6 is 0 Å². The Morgan fingerprint density at radius 1 is 1.31 bits per heavy atom. The number of nitrogens with zero attached hydrogens (tertiary/aromatic N) is 1. The molecule has 2 fully saturated rings. The van der Waals surface area contributed by atoms with E-state index in [-0.39, 0.29) is 5.75 Å². The smallest absolute Gasteiger partial charge is 0.210 e. The molecule has 0 aromatic rings. The highest BCUT2D eigenvalue weighted by molar-refractivity contribution is 7.89. The van der Waals surface area contributed by atoms with Gasteiger partial charge >= 0.3 is 0 Å². The fourth-order valence-corrected chi connectivity index (χ4v) is 2.79. The lowest BCUT2D eigenvalue weighted by Crippen LogP contribution is -2.41. The third-order valence-corrected chi connectivity index (χ3v) is 4.10. The summed E-state index contributed by atoms with van der Waals surface area (Å²) in [5.41, 5.74) is 0. The Bertz CT molecular complexity index is 321. The average molecular weight is 247 g/mol. The van der Waals surface area contributed by atoms with Gasteiger partial charge in [0.15, 0.2) is 0 Å². The molecule has 1 aliphatic heterocycles. The molecular formula is C10H21N3O2S. The summed E-state index contributed by atoms with van der Waals surface area (Å²) in [4.78, 5) is 2.29. The van der Waals surface area contributed by atoms with Gasteiger partial charge in [0, 0.05) is 25.2 Å². The summed E-state index contributed by atoms with van der Waals surface area (Å²) in [5, 5.41) is 8.49. The second kappa shape index (κ2) is 5.00. The molecule has 1 unspecified atom stereocenters. The van der Waals surface area contributed by atoms with Gasteiger partial charge in [-0.1, -0.05) is 0 Å². The molecule has 1 atom stereocenters. The van der Waals surface area contributed by atoms with Crippen molar-refractivity contribution >= 4 is 10.0 Å². The molecule has 94 valence electrons. The van der Waals surface area contributed by atoms with E-state index in [1.165, 1.54) is 25.7 Å². The van der Waals surface area contributed by atoms with Crippen LogP contribution in [0.2, 0.25) is 0 Å². The third kappa shape index (κ3) is 4.01. The number of nitrogens with two attached hydrogens (primary N) is 1. The first-order valence-electron chi connectivity index (χ1n) is 6.02. The van der Waals surface area contributed by atoms with E-state index in [9.17, 15) is 8.42 Å². The van der Waals surface area contributed by atoms with E-state index in [0.29, 0.717) is 18.6 Å². The van der Waals surface area contributed by atoms with E-state index in [4.69, 9.17) is 5.14 Å². The fraction of sp³-hybridized carbons (Fsp3) is 1.00. The van der Waals surface area contributed by atoms with Crippen LogP contribution in [0.15, 0.2) is 0 Å². The van der Waals surface area contributed by atoms with Gasteiger partial charge in [-0.05, 0) is 32.2 Å². The van der Waals surface area contributed by atoms with Gasteiger partial charge in [-0.2, -0.15) is 0 Å². The van der Waals surface area contributed by atoms with Gasteiger partial charge < -0.3 is 5.32 Å². The molecule has 0 aromatic heterocycles. The average Bonchev–Trinajstić information content (AvgIpc) is 2.90. The van der Waals surface area contributed by atoms with Gasteiger partial charge in [0.2, 0.25) is 10.0 Å². The zero-order chi connectivity index (χ0) is 11.6. The molecule has 3 N–H and O–H groups in total. The third-order valence-electron chi connectivity index (χ3n) is 3.34. The van der Waals surface area contributed by atoms with Crippen molar-refractivity contribution < 1.29 is 8.42 Å². The minimum absolute atomic E-state index is 0.0796. The molecule has 1 aliphatic carbocycles. The topological polar surface area (TPSA) is 75.4 Å². The van der Waals surface area contributed by atoms with E-state index in [2.05, 4.69) is 10.2 Å². The van der Waals surface area contributed by atoms with E-state index in [1.54, 1.807) is 0 Å². The van der Waals surface area contributed by atoms with Crippen molar-refractivity contribution in [2.24, 2.45) is 5.14 Å². The molecule has 0 aromatic carbocycles. The van der Waals surface area contributed by atoms with Gasteiger partial charge in [0.1, 0.15) is 0 Å². The first-order chi connectivity index (χ1) is 7.54. The Hall–Kier alpha value is -0.170. The number of nitrogens with one attached hydrogen (secondary N) is 1. The maximum Gasteiger partial charge on any atom is 0.210 e. The lowest BCUT2D eigenvalue weighted by Gasteiger charge is -2.25. The highest BCUT2D eigenvalue weighted by atomic mass is 32.2. The molecular weight excluding hydrogens is 226 g/mol. The SMILES string of the molecule is NS(=O)(=O)CCN(CC1CCCN1)C1CC1. The molecule has 1 heterocycles. The Labute approximate surface area is 97.4 Å². The molecule has 2 rings (SSSR count). The lowest BCUT2D eigenvalue weighted by molar-refractivity contribution is 0.252. The van der Waals surface area contributed by atoms with E-state index in [0.717, 1.165) is 13.1 Å². The summed E-state index contributed by atoms with van der Waals surface area (Å²) in [6, 6.07) is 1.14. The van der Waals surface area contributed by atoms with Crippen LogP contribution in [0.4, 0.5) is 0 Å². The van der Waals surface area contributed by atoms with Crippen LogP contribution in [-0.4, -0.2) is 50.8 Å². The highest BCUT2D eigenvalue weighted by Gasteiger charge is 2.31. The van der Waals surface area contributed by atoms with E-state index >= 15 is 0 Å². The van der Waals surface area contributed by atoms with Crippen LogP contribution < -0.4 is 10.5 Å². The number of rotatable bonds is 6. The molecule has 0 spiro atoms. The van der Waals surface area contributed by atoms with Crippen LogP contribution in [0.1, 0.15) is 25.7 Å². The Balaban J connectivity index is 1.80. The largest absolute Gasteiger partial charge is 0.313 e. The van der Waals surface area contributed by atoms with Gasteiger partial charge in [-0.15, -0.1) is 0 Å². The van der Waals surface area contributed by atoms with Crippen molar-refractivity contribution in [1.82, 2.24) is 10.2 Å². The summed E-state index contributed by atoms with van der Waals surface area (Å²) in [6.07, 6.45) is 4.85. The molecule has 0 amide bonds. The zero-order valence-electron chi connectivity index (χ0n) is 9.56. The minimum atomic E-state index is -3.32. The molecule has 2 aliphatic rings. The first-order valence-corrected chi connectivity index (χ1v) is 7.74. The van der Waals surface area contributed by atoms with E-state index < -0.39 is 10.0 Å². The minimum Gasteiger partial charge on any atom is -0.313 e. The van der Waals surface area contributed by atoms with Gasteiger partial charge in [0.25, 0.3) is 0 Å². The molecule has 6 heteroatoms. The van der Waals surface area contributed by atoms with Crippen LogP contribution in [0.25, 0.3) is 0 Å².